The van der Waals surface area contributed by atoms with E-state index in [0.717, 1.165) is 16.9 Å². The molecule has 0 aliphatic carbocycles. The number of methoxy groups -OCH3 is 2. The fraction of sp³-hybridized carbons (Fsp3) is 0.444. The van der Waals surface area contributed by atoms with E-state index in [1.807, 2.05) is 45.2 Å². The Bertz CT molecular complexity index is 998. The van der Waals surface area contributed by atoms with Crippen molar-refractivity contribution in [1.29, 1.82) is 0 Å². The summed E-state index contributed by atoms with van der Waals surface area (Å²) in [7, 11) is 4.70. The van der Waals surface area contributed by atoms with Crippen molar-refractivity contribution in [1.82, 2.24) is 9.62 Å². The molecule has 2 rings (SSSR count). The summed E-state index contributed by atoms with van der Waals surface area (Å²) in [6.45, 7) is 8.81. The summed E-state index contributed by atoms with van der Waals surface area (Å²) < 4.78 is 17.9. The van der Waals surface area contributed by atoms with Gasteiger partial charge in [-0.05, 0) is 68.4 Å². The fourth-order valence-corrected chi connectivity index (χ4v) is 5.45. The Morgan fingerprint density at radius 1 is 1.06 bits per heavy atom. The lowest BCUT2D eigenvalue weighted by atomic mass is 10.0. The summed E-state index contributed by atoms with van der Waals surface area (Å²) in [6.07, 6.45) is 0.728. The number of carbonyl (C=O) groups is 2. The van der Waals surface area contributed by atoms with Crippen LogP contribution in [0.1, 0.15) is 50.0 Å². The molecule has 1 N–H and O–H groups in total. The maximum atomic E-state index is 12.7. The van der Waals surface area contributed by atoms with Crippen LogP contribution < -0.4 is 14.8 Å². The molecule has 8 heteroatoms. The number of benzene rings is 2. The van der Waals surface area contributed by atoms with Crippen LogP contribution >= 0.6 is 10.7 Å². The maximum Gasteiger partial charge on any atom is 0.324 e. The Morgan fingerprint density at radius 3 is 2.14 bits per heavy atom. The van der Waals surface area contributed by atoms with E-state index in [4.69, 9.17) is 14.2 Å². The number of ether oxygens (including phenoxy) is 3. The molecule has 0 radical (unpaired) electrons. The average molecular weight is 503 g/mol. The number of nitrogens with one attached hydrogen (secondary N) is 1. The van der Waals surface area contributed by atoms with Crippen molar-refractivity contribution in [2.24, 2.45) is 5.92 Å². The quantitative estimate of drug-likeness (QED) is 0.328. The number of hydrogen-bond acceptors (Lipinski definition) is 6. The topological polar surface area (TPSA) is 77.1 Å². The second-order valence-electron chi connectivity index (χ2n) is 8.42. The van der Waals surface area contributed by atoms with E-state index in [9.17, 15) is 9.59 Å². The zero-order chi connectivity index (χ0) is 26.0. The van der Waals surface area contributed by atoms with Gasteiger partial charge in [0.25, 0.3) is 5.91 Å². The van der Waals surface area contributed by atoms with E-state index >= 15 is 0 Å². The Kier molecular flexibility index (Phi) is 11.3. The molecule has 0 aromatic heterocycles. The van der Waals surface area contributed by atoms with Crippen molar-refractivity contribution in [2.45, 2.75) is 51.6 Å². The molecular weight excluding hydrogens is 464 g/mol. The second-order valence-corrected chi connectivity index (χ2v) is 10.6. The Labute approximate surface area is 211 Å². The Hall–Kier alpha value is -2.84. The van der Waals surface area contributed by atoms with Crippen molar-refractivity contribution in [2.75, 3.05) is 27.9 Å². The predicted molar refractivity (Wildman–Crippen MR) is 142 cm³/mol. The predicted octanol–water partition coefficient (Wildman–Crippen LogP) is 4.91. The fourth-order valence-electron chi connectivity index (χ4n) is 3.65. The van der Waals surface area contributed by atoms with Crippen LogP contribution in [-0.2, 0) is 16.1 Å². The number of amides is 1. The first-order valence-corrected chi connectivity index (χ1v) is 13.0. The number of rotatable bonds is 12. The lowest BCUT2D eigenvalue weighted by Crippen LogP contribution is -2.37. The highest BCUT2D eigenvalue weighted by atomic mass is 32.2. The summed E-state index contributed by atoms with van der Waals surface area (Å²) in [5.74, 6) is 1.09. The van der Waals surface area contributed by atoms with Crippen LogP contribution in [0.25, 0.3) is 0 Å². The van der Waals surface area contributed by atoms with E-state index in [0.29, 0.717) is 36.1 Å². The highest BCUT2D eigenvalue weighted by Gasteiger charge is 2.27. The summed E-state index contributed by atoms with van der Waals surface area (Å²) in [4.78, 5) is 26.4. The number of carbonyl (C=O) groups excluding carboxylic acids is 2. The van der Waals surface area contributed by atoms with E-state index in [1.54, 1.807) is 32.4 Å². The van der Waals surface area contributed by atoms with Crippen LogP contribution in [-0.4, -0.2) is 55.5 Å². The van der Waals surface area contributed by atoms with Gasteiger partial charge in [-0.25, -0.2) is 4.31 Å². The zero-order valence-electron chi connectivity index (χ0n) is 21.8. The molecule has 7 nitrogen and oxygen atoms in total. The van der Waals surface area contributed by atoms with Gasteiger partial charge in [0.05, 0.1) is 20.8 Å². The molecule has 1 amide bonds. The SMILES string of the molecule is C/C=S(\c1ccc(CNC(=O)c2cc(OC)cc(OC)c2)cc1)N(C)[C@@H](CC(C)C)C(=O)OCC. The zero-order valence-corrected chi connectivity index (χ0v) is 22.6. The standard InChI is InChI=1S/C27H38N2O5S/c1-8-34-27(31)25(14-19(3)4)29(5)35(9-2)24-12-10-20(11-13-24)18-28-26(30)21-15-22(32-6)17-23(16-21)33-7/h9-13,15-17,19,25H,8,14,18H2,1-7H3,(H,28,30)/t25-,35?/m0/s1. The van der Waals surface area contributed by atoms with Crippen molar-refractivity contribution in [3.63, 3.8) is 0 Å². The third-order valence-electron chi connectivity index (χ3n) is 5.46. The molecule has 0 fully saturated rings. The molecule has 0 saturated carbocycles. The van der Waals surface area contributed by atoms with Gasteiger partial charge in [0.15, 0.2) is 0 Å². The normalized spacial score (nSPS) is 12.9. The number of esters is 1. The van der Waals surface area contributed by atoms with Crippen LogP contribution in [0.3, 0.4) is 0 Å². The van der Waals surface area contributed by atoms with E-state index in [-0.39, 0.29) is 28.6 Å². The molecule has 0 bridgehead atoms. The molecule has 0 saturated heterocycles. The monoisotopic (exact) mass is 502 g/mol. The first-order chi connectivity index (χ1) is 16.7. The minimum Gasteiger partial charge on any atom is -0.497 e. The van der Waals surface area contributed by atoms with Crippen molar-refractivity contribution in [3.05, 3.63) is 53.6 Å². The van der Waals surface area contributed by atoms with E-state index in [1.165, 1.54) is 0 Å². The summed E-state index contributed by atoms with van der Waals surface area (Å²) in [6, 6.07) is 12.9. The molecular formula is C27H38N2O5S. The number of likely N-dealkylation sites (N-methyl/N-ethyl adjacent to an activating group) is 1. The lowest BCUT2D eigenvalue weighted by molar-refractivity contribution is -0.147. The second kappa shape index (κ2) is 13.9. The lowest BCUT2D eigenvalue weighted by Gasteiger charge is -2.30. The molecule has 0 heterocycles. The highest BCUT2D eigenvalue weighted by Crippen LogP contribution is 2.33. The molecule has 0 spiro atoms. The summed E-state index contributed by atoms with van der Waals surface area (Å²) >= 11 is 0. The number of nitrogens with zero attached hydrogens (tertiary/aromatic N) is 1. The van der Waals surface area contributed by atoms with Crippen molar-refractivity contribution in [3.8, 4) is 11.5 Å². The van der Waals surface area contributed by atoms with Gasteiger partial charge < -0.3 is 19.5 Å². The van der Waals surface area contributed by atoms with Gasteiger partial charge in [-0.1, -0.05) is 36.7 Å². The van der Waals surface area contributed by atoms with Crippen LogP contribution in [0.15, 0.2) is 47.4 Å². The van der Waals surface area contributed by atoms with E-state index < -0.39 is 0 Å². The van der Waals surface area contributed by atoms with Crippen molar-refractivity contribution >= 4 is 27.9 Å². The summed E-state index contributed by atoms with van der Waals surface area (Å²) in [5.41, 5.74) is 1.44. The van der Waals surface area contributed by atoms with Gasteiger partial charge in [-0.15, -0.1) is 0 Å². The smallest absolute Gasteiger partial charge is 0.324 e. The van der Waals surface area contributed by atoms with Gasteiger partial charge in [0.1, 0.15) is 17.5 Å². The number of hydrogen-bond donors (Lipinski definition) is 1. The molecule has 2 aromatic rings. The third kappa shape index (κ3) is 8.11. The van der Waals surface area contributed by atoms with E-state index in [2.05, 4.69) is 28.8 Å². The van der Waals surface area contributed by atoms with Gasteiger partial charge >= 0.3 is 5.97 Å². The van der Waals surface area contributed by atoms with Crippen molar-refractivity contribution < 1.29 is 23.8 Å². The largest absolute Gasteiger partial charge is 0.497 e. The molecule has 1 unspecified atom stereocenters. The Balaban J connectivity index is 2.12. The maximum absolute atomic E-state index is 12.7. The van der Waals surface area contributed by atoms with Gasteiger partial charge in [-0.3, -0.25) is 9.59 Å². The highest BCUT2D eigenvalue weighted by molar-refractivity contribution is 8.13. The van der Waals surface area contributed by atoms with Crippen LogP contribution in [0.2, 0.25) is 0 Å². The van der Waals surface area contributed by atoms with Gasteiger partial charge in [0.2, 0.25) is 0 Å². The molecule has 192 valence electrons. The molecule has 2 aromatic carbocycles. The first kappa shape index (κ1) is 28.4. The van der Waals surface area contributed by atoms with Crippen LogP contribution in [0.5, 0.6) is 11.5 Å². The minimum absolute atomic E-state index is 0.184. The van der Waals surface area contributed by atoms with Crippen LogP contribution in [0.4, 0.5) is 0 Å². The minimum atomic E-state index is -0.376. The Morgan fingerprint density at radius 2 is 1.66 bits per heavy atom. The molecule has 0 aliphatic rings. The average Bonchev–Trinajstić information content (AvgIpc) is 2.86. The summed E-state index contributed by atoms with van der Waals surface area (Å²) in [5, 5.41) is 5.06. The van der Waals surface area contributed by atoms with Gasteiger partial charge in [-0.2, -0.15) is 0 Å². The van der Waals surface area contributed by atoms with Gasteiger partial charge in [0, 0.05) is 23.1 Å². The molecule has 35 heavy (non-hydrogen) atoms. The third-order valence-corrected chi connectivity index (χ3v) is 7.53. The molecule has 0 aliphatic heterocycles. The molecule has 2 atom stereocenters. The first-order valence-electron chi connectivity index (χ1n) is 11.8. The van der Waals surface area contributed by atoms with Crippen LogP contribution in [0, 0.1) is 5.92 Å².